The smallest absolute Gasteiger partial charge is 0.261 e. The van der Waals surface area contributed by atoms with Crippen LogP contribution in [-0.4, -0.2) is 21.7 Å². The van der Waals surface area contributed by atoms with Crippen LogP contribution in [0.1, 0.15) is 26.3 Å². The molecule has 142 valence electrons. The van der Waals surface area contributed by atoms with Gasteiger partial charge in [0.05, 0.1) is 28.4 Å². The lowest BCUT2D eigenvalue weighted by molar-refractivity contribution is 0.0643. The van der Waals surface area contributed by atoms with Gasteiger partial charge in [0, 0.05) is 27.1 Å². The Morgan fingerprint density at radius 2 is 1.45 bits per heavy atom. The Labute approximate surface area is 176 Å². The Morgan fingerprint density at radius 1 is 0.793 bits per heavy atom. The average Bonchev–Trinajstić information content (AvgIpc) is 3.20. The van der Waals surface area contributed by atoms with Crippen LogP contribution in [0.25, 0.3) is 22.2 Å². The Hall–Kier alpha value is -3.08. The molecule has 0 aliphatic carbocycles. The number of halogens is 2. The Kier molecular flexibility index (Phi) is 4.19. The molecule has 0 radical (unpaired) electrons. The summed E-state index contributed by atoms with van der Waals surface area (Å²) in [4.78, 5) is 30.4. The number of hydrogen-bond acceptors (Lipinski definition) is 2. The van der Waals surface area contributed by atoms with Gasteiger partial charge in [0.1, 0.15) is 0 Å². The highest BCUT2D eigenvalue weighted by Crippen LogP contribution is 2.37. The Bertz CT molecular complexity index is 1270. The molecule has 0 unspecified atom stereocenters. The van der Waals surface area contributed by atoms with E-state index in [4.69, 9.17) is 23.2 Å². The van der Waals surface area contributed by atoms with Crippen molar-refractivity contribution in [2.45, 2.75) is 6.54 Å². The lowest BCUT2D eigenvalue weighted by Gasteiger charge is -2.15. The minimum absolute atomic E-state index is 0.144. The monoisotopic (exact) mass is 420 g/mol. The highest BCUT2D eigenvalue weighted by Gasteiger charge is 2.36. The van der Waals surface area contributed by atoms with Gasteiger partial charge in [0.2, 0.25) is 0 Å². The molecule has 2 amide bonds. The zero-order chi connectivity index (χ0) is 20.1. The molecule has 3 aromatic carbocycles. The quantitative estimate of drug-likeness (QED) is 0.417. The van der Waals surface area contributed by atoms with E-state index in [-0.39, 0.29) is 18.4 Å². The standard InChI is InChI=1S/C23H14Cl2N2O2/c24-13-9-10-17(19(25)11-13)21-18(14-5-3-4-8-20(14)26-21)12-27-22(28)15-6-1-2-7-16(15)23(27)29/h1-11,26H,12H2. The number of aromatic nitrogens is 1. The third-order valence-corrected chi connectivity index (χ3v) is 5.76. The summed E-state index contributed by atoms with van der Waals surface area (Å²) in [6.07, 6.45) is 0. The summed E-state index contributed by atoms with van der Waals surface area (Å²) >= 11 is 12.5. The van der Waals surface area contributed by atoms with Crippen molar-refractivity contribution in [3.05, 3.63) is 93.5 Å². The largest absolute Gasteiger partial charge is 0.354 e. The van der Waals surface area contributed by atoms with E-state index in [9.17, 15) is 9.59 Å². The minimum atomic E-state index is -0.288. The van der Waals surface area contributed by atoms with Gasteiger partial charge in [-0.05, 0) is 36.4 Å². The van der Waals surface area contributed by atoms with Crippen LogP contribution in [-0.2, 0) is 6.54 Å². The summed E-state index contributed by atoms with van der Waals surface area (Å²) in [7, 11) is 0. The summed E-state index contributed by atoms with van der Waals surface area (Å²) in [5.74, 6) is -0.576. The molecular formula is C23H14Cl2N2O2. The molecule has 0 atom stereocenters. The molecule has 1 N–H and O–H groups in total. The van der Waals surface area contributed by atoms with Gasteiger partial charge in [0.15, 0.2) is 0 Å². The van der Waals surface area contributed by atoms with Crippen molar-refractivity contribution >= 4 is 45.9 Å². The molecule has 0 fully saturated rings. The number of hydrogen-bond donors (Lipinski definition) is 1. The first-order valence-corrected chi connectivity index (χ1v) is 9.80. The van der Waals surface area contributed by atoms with Gasteiger partial charge in [-0.1, -0.05) is 53.5 Å². The number of nitrogens with one attached hydrogen (secondary N) is 1. The number of carbonyl (C=O) groups is 2. The molecule has 0 bridgehead atoms. The number of fused-ring (bicyclic) bond motifs is 2. The average molecular weight is 421 g/mol. The van der Waals surface area contributed by atoms with Crippen LogP contribution in [0.5, 0.6) is 0 Å². The van der Waals surface area contributed by atoms with Gasteiger partial charge >= 0.3 is 0 Å². The zero-order valence-electron chi connectivity index (χ0n) is 15.1. The van der Waals surface area contributed by atoms with Gasteiger partial charge in [-0.3, -0.25) is 14.5 Å². The molecule has 5 rings (SSSR count). The molecule has 0 saturated heterocycles. The fraction of sp³-hybridized carbons (Fsp3) is 0.0435. The summed E-state index contributed by atoms with van der Waals surface area (Å²) < 4.78 is 0. The summed E-state index contributed by atoms with van der Waals surface area (Å²) in [5, 5.41) is 1.97. The van der Waals surface area contributed by atoms with Crippen LogP contribution in [0, 0.1) is 0 Å². The van der Waals surface area contributed by atoms with E-state index in [1.54, 1.807) is 36.4 Å². The topological polar surface area (TPSA) is 53.2 Å². The first kappa shape index (κ1) is 18.0. The number of nitrogens with zero attached hydrogens (tertiary/aromatic N) is 1. The predicted molar refractivity (Wildman–Crippen MR) is 114 cm³/mol. The first-order valence-electron chi connectivity index (χ1n) is 9.05. The van der Waals surface area contributed by atoms with E-state index in [0.29, 0.717) is 21.2 Å². The second kappa shape index (κ2) is 6.76. The summed E-state index contributed by atoms with van der Waals surface area (Å²) in [5.41, 5.74) is 4.13. The van der Waals surface area contributed by atoms with E-state index in [0.717, 1.165) is 27.7 Å². The zero-order valence-corrected chi connectivity index (χ0v) is 16.6. The second-order valence-electron chi connectivity index (χ2n) is 6.89. The van der Waals surface area contributed by atoms with Crippen LogP contribution in [0.15, 0.2) is 66.7 Å². The summed E-state index contributed by atoms with van der Waals surface area (Å²) in [6.45, 7) is 0.144. The van der Waals surface area contributed by atoms with Gasteiger partial charge < -0.3 is 4.98 Å². The van der Waals surface area contributed by atoms with Gasteiger partial charge in [0.25, 0.3) is 11.8 Å². The minimum Gasteiger partial charge on any atom is -0.354 e. The van der Waals surface area contributed by atoms with Crippen molar-refractivity contribution in [2.75, 3.05) is 0 Å². The Morgan fingerprint density at radius 3 is 2.14 bits per heavy atom. The van der Waals surface area contributed by atoms with E-state index in [2.05, 4.69) is 4.98 Å². The first-order chi connectivity index (χ1) is 14.0. The molecule has 4 nitrogen and oxygen atoms in total. The van der Waals surface area contributed by atoms with Crippen molar-refractivity contribution in [3.63, 3.8) is 0 Å². The van der Waals surface area contributed by atoms with E-state index >= 15 is 0 Å². The van der Waals surface area contributed by atoms with E-state index in [1.807, 2.05) is 30.3 Å². The highest BCUT2D eigenvalue weighted by molar-refractivity contribution is 6.36. The molecule has 1 aliphatic heterocycles. The molecule has 1 aromatic heterocycles. The molecule has 6 heteroatoms. The molecular weight excluding hydrogens is 407 g/mol. The van der Waals surface area contributed by atoms with Crippen LogP contribution >= 0.6 is 23.2 Å². The lowest BCUT2D eigenvalue weighted by Crippen LogP contribution is -2.29. The number of para-hydroxylation sites is 1. The van der Waals surface area contributed by atoms with Crippen LogP contribution in [0.4, 0.5) is 0 Å². The van der Waals surface area contributed by atoms with Crippen LogP contribution < -0.4 is 0 Å². The number of carbonyl (C=O) groups excluding carboxylic acids is 2. The molecule has 0 saturated carbocycles. The van der Waals surface area contributed by atoms with Crippen LogP contribution in [0.2, 0.25) is 10.0 Å². The third-order valence-electron chi connectivity index (χ3n) is 5.21. The number of imide groups is 1. The molecule has 1 aliphatic rings. The maximum absolute atomic E-state index is 12.9. The van der Waals surface area contributed by atoms with Crippen molar-refractivity contribution in [1.29, 1.82) is 0 Å². The van der Waals surface area contributed by atoms with Gasteiger partial charge in [-0.25, -0.2) is 0 Å². The third kappa shape index (κ3) is 2.84. The fourth-order valence-electron chi connectivity index (χ4n) is 3.83. The highest BCUT2D eigenvalue weighted by atomic mass is 35.5. The van der Waals surface area contributed by atoms with Gasteiger partial charge in [-0.15, -0.1) is 0 Å². The second-order valence-corrected chi connectivity index (χ2v) is 7.73. The predicted octanol–water partition coefficient (Wildman–Crippen LogP) is 5.94. The Balaban J connectivity index is 1.66. The molecule has 0 spiro atoms. The number of amides is 2. The fourth-order valence-corrected chi connectivity index (χ4v) is 4.33. The number of aromatic amines is 1. The van der Waals surface area contributed by atoms with Crippen molar-refractivity contribution in [2.24, 2.45) is 0 Å². The van der Waals surface area contributed by atoms with Crippen molar-refractivity contribution in [1.82, 2.24) is 9.88 Å². The van der Waals surface area contributed by atoms with Crippen LogP contribution in [0.3, 0.4) is 0 Å². The summed E-state index contributed by atoms with van der Waals surface area (Å²) in [6, 6.07) is 19.9. The van der Waals surface area contributed by atoms with Crippen molar-refractivity contribution in [3.8, 4) is 11.3 Å². The number of rotatable bonds is 3. The normalized spacial score (nSPS) is 13.4. The number of benzene rings is 3. The van der Waals surface area contributed by atoms with Gasteiger partial charge in [-0.2, -0.15) is 0 Å². The SMILES string of the molecule is O=C1c2ccccc2C(=O)N1Cc1c(-c2ccc(Cl)cc2Cl)[nH]c2ccccc12. The molecule has 2 heterocycles. The lowest BCUT2D eigenvalue weighted by atomic mass is 10.0. The molecule has 4 aromatic rings. The van der Waals surface area contributed by atoms with E-state index < -0.39 is 0 Å². The molecule has 29 heavy (non-hydrogen) atoms. The number of H-pyrrole nitrogens is 1. The maximum atomic E-state index is 12.9. The van der Waals surface area contributed by atoms with E-state index in [1.165, 1.54) is 4.90 Å². The maximum Gasteiger partial charge on any atom is 0.261 e. The van der Waals surface area contributed by atoms with Crippen molar-refractivity contribution < 1.29 is 9.59 Å².